The van der Waals surface area contributed by atoms with Gasteiger partial charge in [-0.05, 0) is 25.0 Å². The molecule has 138 valence electrons. The zero-order valence-corrected chi connectivity index (χ0v) is 15.8. The molecule has 1 aromatic carbocycles. The maximum absolute atomic E-state index is 12.3. The van der Waals surface area contributed by atoms with Gasteiger partial charge >= 0.3 is 0 Å². The molecule has 1 unspecified atom stereocenters. The summed E-state index contributed by atoms with van der Waals surface area (Å²) in [6.07, 6.45) is 0.134. The molecular weight excluding hydrogens is 350 g/mol. The van der Waals surface area contributed by atoms with Crippen LogP contribution < -0.4 is 10.6 Å². The molecule has 0 spiro atoms. The monoisotopic (exact) mass is 373 g/mol. The minimum Gasteiger partial charge on any atom is -0.353 e. The van der Waals surface area contributed by atoms with Gasteiger partial charge in [0.05, 0.1) is 19.0 Å². The normalized spacial score (nSPS) is 17.8. The summed E-state index contributed by atoms with van der Waals surface area (Å²) in [6, 6.07) is 7.67. The number of benzene rings is 1. The molecule has 2 N–H and O–H groups in total. The van der Waals surface area contributed by atoms with Crippen LogP contribution in [-0.2, 0) is 22.7 Å². The maximum atomic E-state index is 12.3. The molecule has 1 aliphatic heterocycles. The van der Waals surface area contributed by atoms with Crippen molar-refractivity contribution < 1.29 is 9.59 Å². The van der Waals surface area contributed by atoms with Crippen molar-refractivity contribution in [2.24, 2.45) is 0 Å². The Labute approximate surface area is 156 Å². The molecule has 0 radical (unpaired) electrons. The maximum Gasteiger partial charge on any atom is 0.237 e. The molecule has 1 aromatic heterocycles. The summed E-state index contributed by atoms with van der Waals surface area (Å²) in [4.78, 5) is 26.8. The molecule has 1 saturated heterocycles. The van der Waals surface area contributed by atoms with Crippen molar-refractivity contribution >= 4 is 23.2 Å². The number of rotatable bonds is 6. The van der Waals surface area contributed by atoms with Gasteiger partial charge in [-0.3, -0.25) is 14.5 Å². The summed E-state index contributed by atoms with van der Waals surface area (Å²) in [5, 5.41) is 15.3. The van der Waals surface area contributed by atoms with Gasteiger partial charge in [0.2, 0.25) is 11.8 Å². The van der Waals surface area contributed by atoms with E-state index in [0.717, 1.165) is 16.6 Å². The van der Waals surface area contributed by atoms with E-state index >= 15 is 0 Å². The van der Waals surface area contributed by atoms with Crippen LogP contribution in [0.3, 0.4) is 0 Å². The van der Waals surface area contributed by atoms with Crippen molar-refractivity contribution in [3.8, 4) is 0 Å². The Morgan fingerprint density at radius 2 is 2.15 bits per heavy atom. The Kier molecular flexibility index (Phi) is 5.95. The van der Waals surface area contributed by atoms with Crippen molar-refractivity contribution in [1.29, 1.82) is 0 Å². The summed E-state index contributed by atoms with van der Waals surface area (Å²) in [5.74, 6) is -0.249. The molecule has 3 rings (SSSR count). The number of nitrogens with one attached hydrogen (secondary N) is 2. The summed E-state index contributed by atoms with van der Waals surface area (Å²) in [7, 11) is 0. The summed E-state index contributed by atoms with van der Waals surface area (Å²) >= 11 is 1.45. The first-order valence-electron chi connectivity index (χ1n) is 8.65. The van der Waals surface area contributed by atoms with E-state index in [-0.39, 0.29) is 18.2 Å². The van der Waals surface area contributed by atoms with Gasteiger partial charge in [0.25, 0.3) is 0 Å². The number of nitrogens with zero attached hydrogens (tertiary/aromatic N) is 3. The second kappa shape index (κ2) is 8.37. The molecule has 7 nitrogen and oxygen atoms in total. The third-order valence-electron chi connectivity index (χ3n) is 4.46. The van der Waals surface area contributed by atoms with Crippen LogP contribution in [0.5, 0.6) is 0 Å². The van der Waals surface area contributed by atoms with Crippen LogP contribution in [0.1, 0.15) is 27.6 Å². The van der Waals surface area contributed by atoms with E-state index in [9.17, 15) is 9.59 Å². The predicted octanol–water partition coefficient (Wildman–Crippen LogP) is 1.16. The van der Waals surface area contributed by atoms with Crippen LogP contribution in [0.25, 0.3) is 0 Å². The zero-order valence-electron chi connectivity index (χ0n) is 15.0. The summed E-state index contributed by atoms with van der Waals surface area (Å²) in [6.45, 7) is 6.27. The smallest absolute Gasteiger partial charge is 0.237 e. The molecule has 26 heavy (non-hydrogen) atoms. The third-order valence-corrected chi connectivity index (χ3v) is 5.30. The van der Waals surface area contributed by atoms with Crippen LogP contribution in [0.15, 0.2) is 24.3 Å². The predicted molar refractivity (Wildman–Crippen MR) is 99.5 cm³/mol. The van der Waals surface area contributed by atoms with E-state index in [2.05, 4.69) is 44.8 Å². The van der Waals surface area contributed by atoms with E-state index < -0.39 is 6.04 Å². The number of aromatic nitrogens is 2. The first kappa shape index (κ1) is 18.5. The number of piperazine rings is 1. The van der Waals surface area contributed by atoms with E-state index in [0.29, 0.717) is 19.6 Å². The fraction of sp³-hybridized carbons (Fsp3) is 0.444. The molecule has 1 fully saturated rings. The molecule has 2 amide bonds. The first-order chi connectivity index (χ1) is 12.5. The number of carbonyl (C=O) groups is 2. The zero-order chi connectivity index (χ0) is 18.5. The van der Waals surface area contributed by atoms with E-state index in [1.807, 2.05) is 19.1 Å². The molecule has 2 heterocycles. The lowest BCUT2D eigenvalue weighted by Gasteiger charge is -2.35. The SMILES string of the molecule is Cc1nnc(CNC(=O)CC2C(=O)NCCN2Cc2ccccc2C)s1. The molecule has 0 saturated carbocycles. The van der Waals surface area contributed by atoms with Gasteiger partial charge in [0.1, 0.15) is 10.0 Å². The van der Waals surface area contributed by atoms with Crippen molar-refractivity contribution in [1.82, 2.24) is 25.7 Å². The lowest BCUT2D eigenvalue weighted by atomic mass is 10.0. The van der Waals surface area contributed by atoms with Gasteiger partial charge < -0.3 is 10.6 Å². The molecular formula is C18H23N5O2S. The van der Waals surface area contributed by atoms with Crippen molar-refractivity contribution in [2.45, 2.75) is 39.4 Å². The van der Waals surface area contributed by atoms with Crippen LogP contribution in [-0.4, -0.2) is 46.0 Å². The van der Waals surface area contributed by atoms with Crippen LogP contribution in [0.4, 0.5) is 0 Å². The Hall–Kier alpha value is -2.32. The van der Waals surface area contributed by atoms with Gasteiger partial charge in [0, 0.05) is 19.6 Å². The van der Waals surface area contributed by atoms with Crippen LogP contribution >= 0.6 is 11.3 Å². The first-order valence-corrected chi connectivity index (χ1v) is 9.46. The lowest BCUT2D eigenvalue weighted by Crippen LogP contribution is -2.56. The third kappa shape index (κ3) is 4.64. The van der Waals surface area contributed by atoms with E-state index in [1.54, 1.807) is 0 Å². The van der Waals surface area contributed by atoms with Gasteiger partial charge in [-0.15, -0.1) is 10.2 Å². The van der Waals surface area contributed by atoms with Gasteiger partial charge in [-0.2, -0.15) is 0 Å². The standard InChI is InChI=1S/C18H23N5O2S/c1-12-5-3-4-6-14(12)11-23-8-7-19-18(25)15(23)9-16(24)20-10-17-22-21-13(2)26-17/h3-6,15H,7-11H2,1-2H3,(H,19,25)(H,20,24). The highest BCUT2D eigenvalue weighted by molar-refractivity contribution is 7.11. The molecule has 0 bridgehead atoms. The minimum atomic E-state index is -0.459. The molecule has 1 aliphatic rings. The molecule has 0 aliphatic carbocycles. The quantitative estimate of drug-likeness (QED) is 0.793. The van der Waals surface area contributed by atoms with E-state index in [1.165, 1.54) is 22.5 Å². The van der Waals surface area contributed by atoms with Gasteiger partial charge in [-0.25, -0.2) is 0 Å². The molecule has 2 aromatic rings. The Balaban J connectivity index is 1.61. The highest BCUT2D eigenvalue weighted by atomic mass is 32.1. The Bertz CT molecular complexity index is 791. The number of carbonyl (C=O) groups excluding carboxylic acids is 2. The number of amides is 2. The van der Waals surface area contributed by atoms with Crippen LogP contribution in [0, 0.1) is 13.8 Å². The average molecular weight is 373 g/mol. The summed E-state index contributed by atoms with van der Waals surface area (Å²) in [5.41, 5.74) is 2.37. The van der Waals surface area contributed by atoms with E-state index in [4.69, 9.17) is 0 Å². The summed E-state index contributed by atoms with van der Waals surface area (Å²) < 4.78 is 0. The largest absolute Gasteiger partial charge is 0.353 e. The number of hydrogen-bond donors (Lipinski definition) is 2. The van der Waals surface area contributed by atoms with Crippen molar-refractivity contribution in [3.05, 3.63) is 45.4 Å². The van der Waals surface area contributed by atoms with Gasteiger partial charge in [-0.1, -0.05) is 35.6 Å². The second-order valence-electron chi connectivity index (χ2n) is 6.40. The van der Waals surface area contributed by atoms with Crippen LogP contribution in [0.2, 0.25) is 0 Å². The average Bonchev–Trinajstić information content (AvgIpc) is 3.03. The highest BCUT2D eigenvalue weighted by Crippen LogP contribution is 2.16. The second-order valence-corrected chi connectivity index (χ2v) is 7.67. The Morgan fingerprint density at radius 3 is 2.88 bits per heavy atom. The Morgan fingerprint density at radius 1 is 1.35 bits per heavy atom. The van der Waals surface area contributed by atoms with Crippen molar-refractivity contribution in [3.63, 3.8) is 0 Å². The fourth-order valence-corrected chi connectivity index (χ4v) is 3.66. The molecule has 8 heteroatoms. The fourth-order valence-electron chi connectivity index (χ4n) is 3.01. The minimum absolute atomic E-state index is 0.0910. The number of hydrogen-bond acceptors (Lipinski definition) is 6. The number of aryl methyl sites for hydroxylation is 2. The van der Waals surface area contributed by atoms with Crippen molar-refractivity contribution in [2.75, 3.05) is 13.1 Å². The van der Waals surface area contributed by atoms with Gasteiger partial charge in [0.15, 0.2) is 0 Å². The highest BCUT2D eigenvalue weighted by Gasteiger charge is 2.31. The topological polar surface area (TPSA) is 87.2 Å². The molecule has 1 atom stereocenters. The lowest BCUT2D eigenvalue weighted by molar-refractivity contribution is -0.134.